The van der Waals surface area contributed by atoms with Crippen molar-refractivity contribution in [1.29, 1.82) is 0 Å². The molecule has 0 aliphatic carbocycles. The van der Waals surface area contributed by atoms with Gasteiger partial charge in [0.2, 0.25) is 0 Å². The number of hydrogen-bond acceptors (Lipinski definition) is 1. The lowest BCUT2D eigenvalue weighted by Gasteiger charge is -2.13. The van der Waals surface area contributed by atoms with Crippen molar-refractivity contribution in [3.63, 3.8) is 0 Å². The minimum atomic E-state index is -0.237. The fraction of sp³-hybridized carbons (Fsp3) is 0.368. The van der Waals surface area contributed by atoms with E-state index in [4.69, 9.17) is 0 Å². The smallest absolute Gasteiger partial charge is 0.0580 e. The summed E-state index contributed by atoms with van der Waals surface area (Å²) in [6.45, 7) is 4.22. The van der Waals surface area contributed by atoms with Gasteiger partial charge in [0.05, 0.1) is 6.10 Å². The first-order chi connectivity index (χ1) is 9.65. The molecule has 0 saturated carbocycles. The Hall–Kier alpha value is -1.60. The molecule has 0 saturated heterocycles. The Morgan fingerprint density at radius 3 is 2.50 bits per heavy atom. The van der Waals surface area contributed by atoms with Crippen LogP contribution in [-0.2, 0) is 12.8 Å². The molecule has 2 aromatic carbocycles. The van der Waals surface area contributed by atoms with E-state index >= 15 is 0 Å². The highest BCUT2D eigenvalue weighted by Crippen LogP contribution is 2.15. The summed E-state index contributed by atoms with van der Waals surface area (Å²) in [5.74, 6) is 0. The van der Waals surface area contributed by atoms with E-state index in [1.807, 2.05) is 6.07 Å². The molecule has 2 rings (SSSR count). The van der Waals surface area contributed by atoms with Crippen LogP contribution >= 0.6 is 0 Å². The Balaban J connectivity index is 1.80. The summed E-state index contributed by atoms with van der Waals surface area (Å²) < 4.78 is 0. The van der Waals surface area contributed by atoms with E-state index in [1.165, 1.54) is 22.3 Å². The molecule has 0 heterocycles. The van der Waals surface area contributed by atoms with Crippen molar-refractivity contribution in [2.75, 3.05) is 0 Å². The second-order valence-electron chi connectivity index (χ2n) is 5.67. The summed E-state index contributed by atoms with van der Waals surface area (Å²) in [5.41, 5.74) is 5.17. The standard InChI is InChI=1S/C19H24O/c1-15-11-12-16(2)18(13-15)14-19(20)10-6-9-17-7-4-3-5-8-17/h3-5,7-8,11-13,19-20H,6,9-10,14H2,1-2H3. The van der Waals surface area contributed by atoms with Gasteiger partial charge in [0.25, 0.3) is 0 Å². The molecular weight excluding hydrogens is 244 g/mol. The normalized spacial score (nSPS) is 12.3. The third-order valence-electron chi connectivity index (χ3n) is 3.81. The molecule has 1 unspecified atom stereocenters. The minimum Gasteiger partial charge on any atom is -0.393 e. The van der Waals surface area contributed by atoms with Gasteiger partial charge < -0.3 is 5.11 Å². The highest BCUT2D eigenvalue weighted by atomic mass is 16.3. The summed E-state index contributed by atoms with van der Waals surface area (Å²) in [5, 5.41) is 10.2. The van der Waals surface area contributed by atoms with Crippen molar-refractivity contribution >= 4 is 0 Å². The van der Waals surface area contributed by atoms with Crippen molar-refractivity contribution in [1.82, 2.24) is 0 Å². The maximum absolute atomic E-state index is 10.2. The molecule has 0 fully saturated rings. The Kier molecular flexibility index (Phi) is 5.37. The van der Waals surface area contributed by atoms with Gasteiger partial charge in [-0.25, -0.2) is 0 Å². The lowest BCUT2D eigenvalue weighted by molar-refractivity contribution is 0.162. The van der Waals surface area contributed by atoms with E-state index in [-0.39, 0.29) is 6.10 Å². The van der Waals surface area contributed by atoms with Crippen LogP contribution in [0.1, 0.15) is 35.1 Å². The molecule has 106 valence electrons. The first-order valence-electron chi connectivity index (χ1n) is 7.43. The first kappa shape index (κ1) is 14.8. The predicted octanol–water partition coefficient (Wildman–Crippen LogP) is 4.23. The fourth-order valence-electron chi connectivity index (χ4n) is 2.56. The largest absolute Gasteiger partial charge is 0.393 e. The lowest BCUT2D eigenvalue weighted by atomic mass is 9.97. The number of benzene rings is 2. The van der Waals surface area contributed by atoms with Crippen LogP contribution in [-0.4, -0.2) is 11.2 Å². The van der Waals surface area contributed by atoms with E-state index < -0.39 is 0 Å². The van der Waals surface area contributed by atoms with Gasteiger partial charge in [0, 0.05) is 0 Å². The second-order valence-corrected chi connectivity index (χ2v) is 5.67. The molecule has 1 atom stereocenters. The Morgan fingerprint density at radius 2 is 1.75 bits per heavy atom. The van der Waals surface area contributed by atoms with Crippen LogP contribution in [0.4, 0.5) is 0 Å². The summed E-state index contributed by atoms with van der Waals surface area (Å²) in [4.78, 5) is 0. The molecule has 0 radical (unpaired) electrons. The van der Waals surface area contributed by atoms with Crippen LogP contribution in [0.3, 0.4) is 0 Å². The summed E-state index contributed by atoms with van der Waals surface area (Å²) in [6.07, 6.45) is 3.48. The molecule has 0 aliphatic heterocycles. The van der Waals surface area contributed by atoms with Gasteiger partial charge in [0.15, 0.2) is 0 Å². The molecule has 0 bridgehead atoms. The zero-order valence-electron chi connectivity index (χ0n) is 12.5. The SMILES string of the molecule is Cc1ccc(C)c(CC(O)CCCc2ccccc2)c1. The zero-order valence-corrected chi connectivity index (χ0v) is 12.5. The Morgan fingerprint density at radius 1 is 1.00 bits per heavy atom. The highest BCUT2D eigenvalue weighted by Gasteiger charge is 2.08. The monoisotopic (exact) mass is 268 g/mol. The average Bonchev–Trinajstić information content (AvgIpc) is 2.44. The molecular formula is C19H24O. The second kappa shape index (κ2) is 7.25. The van der Waals surface area contributed by atoms with Crippen molar-refractivity contribution in [2.24, 2.45) is 0 Å². The van der Waals surface area contributed by atoms with E-state index in [1.54, 1.807) is 0 Å². The van der Waals surface area contributed by atoms with Crippen molar-refractivity contribution in [2.45, 2.75) is 45.6 Å². The molecule has 20 heavy (non-hydrogen) atoms. The molecule has 1 nitrogen and oxygen atoms in total. The van der Waals surface area contributed by atoms with Crippen molar-refractivity contribution in [3.8, 4) is 0 Å². The maximum atomic E-state index is 10.2. The number of rotatable bonds is 6. The van der Waals surface area contributed by atoms with Gasteiger partial charge in [-0.15, -0.1) is 0 Å². The quantitative estimate of drug-likeness (QED) is 0.831. The van der Waals surface area contributed by atoms with Gasteiger partial charge in [-0.2, -0.15) is 0 Å². The topological polar surface area (TPSA) is 20.2 Å². The van der Waals surface area contributed by atoms with Crippen LogP contribution in [0.15, 0.2) is 48.5 Å². The lowest BCUT2D eigenvalue weighted by Crippen LogP contribution is -2.11. The molecule has 0 aliphatic rings. The summed E-state index contributed by atoms with van der Waals surface area (Å²) >= 11 is 0. The molecule has 2 aromatic rings. The molecule has 0 spiro atoms. The van der Waals surface area contributed by atoms with Crippen LogP contribution in [0, 0.1) is 13.8 Å². The number of aliphatic hydroxyl groups is 1. The van der Waals surface area contributed by atoms with Gasteiger partial charge >= 0.3 is 0 Å². The van der Waals surface area contributed by atoms with Crippen molar-refractivity contribution < 1.29 is 5.11 Å². The van der Waals surface area contributed by atoms with Crippen LogP contribution in [0.2, 0.25) is 0 Å². The fourth-order valence-corrected chi connectivity index (χ4v) is 2.56. The van der Waals surface area contributed by atoms with E-state index in [9.17, 15) is 5.11 Å². The van der Waals surface area contributed by atoms with E-state index in [0.717, 1.165) is 25.7 Å². The van der Waals surface area contributed by atoms with Crippen LogP contribution in [0.25, 0.3) is 0 Å². The van der Waals surface area contributed by atoms with Gasteiger partial charge in [-0.05, 0) is 56.2 Å². The average molecular weight is 268 g/mol. The Bertz CT molecular complexity index is 531. The Labute approximate surface area is 122 Å². The maximum Gasteiger partial charge on any atom is 0.0580 e. The van der Waals surface area contributed by atoms with E-state index in [0.29, 0.717) is 0 Å². The summed E-state index contributed by atoms with van der Waals surface area (Å²) in [6, 6.07) is 16.9. The number of aliphatic hydroxyl groups excluding tert-OH is 1. The van der Waals surface area contributed by atoms with Crippen molar-refractivity contribution in [3.05, 3.63) is 70.8 Å². The first-order valence-corrected chi connectivity index (χ1v) is 7.43. The van der Waals surface area contributed by atoms with Crippen LogP contribution in [0.5, 0.6) is 0 Å². The third-order valence-corrected chi connectivity index (χ3v) is 3.81. The van der Waals surface area contributed by atoms with Gasteiger partial charge in [0.1, 0.15) is 0 Å². The minimum absolute atomic E-state index is 0.237. The van der Waals surface area contributed by atoms with Gasteiger partial charge in [-0.3, -0.25) is 0 Å². The molecule has 0 aromatic heterocycles. The van der Waals surface area contributed by atoms with E-state index in [2.05, 4.69) is 56.3 Å². The molecule has 1 N–H and O–H groups in total. The number of hydrogen-bond donors (Lipinski definition) is 1. The number of aryl methyl sites for hydroxylation is 3. The van der Waals surface area contributed by atoms with Crippen LogP contribution < -0.4 is 0 Å². The van der Waals surface area contributed by atoms with Gasteiger partial charge in [-0.1, -0.05) is 54.1 Å². The zero-order chi connectivity index (χ0) is 14.4. The summed E-state index contributed by atoms with van der Waals surface area (Å²) in [7, 11) is 0. The predicted molar refractivity (Wildman–Crippen MR) is 85.0 cm³/mol. The molecule has 0 amide bonds. The third kappa shape index (κ3) is 4.50. The molecule has 1 heteroatoms. The highest BCUT2D eigenvalue weighted by molar-refractivity contribution is 5.30.